The molecule has 1 aromatic heterocycles. The van der Waals surface area contributed by atoms with Crippen LogP contribution < -0.4 is 5.56 Å². The lowest BCUT2D eigenvalue weighted by molar-refractivity contribution is -0.109. The number of amides is 1. The van der Waals surface area contributed by atoms with Crippen LogP contribution in [0, 0.1) is 0 Å². The molecule has 2 heterocycles. The van der Waals surface area contributed by atoms with Crippen molar-refractivity contribution >= 4 is 6.09 Å². The monoisotopic (exact) mass is 500 g/mol. The number of aliphatic hydroxyl groups is 1. The first-order chi connectivity index (χ1) is 17.5. The van der Waals surface area contributed by atoms with Crippen LogP contribution in [0.4, 0.5) is 4.79 Å². The fraction of sp³-hybridized carbons (Fsp3) is 0.419. The molecule has 3 aromatic rings. The lowest BCUT2D eigenvalue weighted by Crippen LogP contribution is -2.55. The van der Waals surface area contributed by atoms with Crippen molar-refractivity contribution in [2.75, 3.05) is 6.54 Å². The molecular weight excluding hydrogens is 464 g/mol. The summed E-state index contributed by atoms with van der Waals surface area (Å²) in [6.07, 6.45) is 4.54. The topological polar surface area (TPSA) is 71.8 Å². The summed E-state index contributed by atoms with van der Waals surface area (Å²) in [6, 6.07) is 21.8. The van der Waals surface area contributed by atoms with Crippen molar-refractivity contribution in [1.82, 2.24) is 9.47 Å². The van der Waals surface area contributed by atoms with Crippen LogP contribution in [0.15, 0.2) is 77.7 Å². The van der Waals surface area contributed by atoms with Gasteiger partial charge in [0.25, 0.3) is 5.56 Å². The zero-order valence-electron chi connectivity index (χ0n) is 22.1. The minimum absolute atomic E-state index is 0.0356. The average molecular weight is 501 g/mol. The van der Waals surface area contributed by atoms with E-state index >= 15 is 0 Å². The Morgan fingerprint density at radius 3 is 2.19 bits per heavy atom. The van der Waals surface area contributed by atoms with Crippen LogP contribution in [-0.2, 0) is 15.9 Å². The second kappa shape index (κ2) is 9.18. The molecule has 0 radical (unpaired) electrons. The molecule has 194 valence electrons. The van der Waals surface area contributed by atoms with E-state index in [1.165, 1.54) is 0 Å². The second-order valence-corrected chi connectivity index (χ2v) is 11.6. The Hall–Kier alpha value is -3.38. The van der Waals surface area contributed by atoms with Gasteiger partial charge in [-0.1, -0.05) is 54.6 Å². The summed E-state index contributed by atoms with van der Waals surface area (Å²) in [7, 11) is 0. The summed E-state index contributed by atoms with van der Waals surface area (Å²) in [5, 5.41) is 10.6. The van der Waals surface area contributed by atoms with E-state index in [1.807, 2.05) is 85.3 Å². The number of hydrogen-bond acceptors (Lipinski definition) is 4. The Morgan fingerprint density at radius 1 is 0.946 bits per heavy atom. The minimum atomic E-state index is -0.997. The number of aromatic nitrogens is 1. The first-order valence-electron chi connectivity index (χ1n) is 13.1. The maximum Gasteiger partial charge on any atom is 0.411 e. The van der Waals surface area contributed by atoms with E-state index in [1.54, 1.807) is 24.8 Å². The lowest BCUT2D eigenvalue weighted by Gasteiger charge is -2.48. The van der Waals surface area contributed by atoms with Crippen LogP contribution in [0.1, 0.15) is 70.5 Å². The number of cyclic esters (lactones) is 1. The van der Waals surface area contributed by atoms with Crippen LogP contribution in [0.5, 0.6) is 0 Å². The number of hydrogen-bond donors (Lipinski definition) is 1. The molecule has 1 N–H and O–H groups in total. The molecule has 2 aromatic carbocycles. The molecule has 5 rings (SSSR count). The molecule has 1 aliphatic carbocycles. The quantitative estimate of drug-likeness (QED) is 0.433. The van der Waals surface area contributed by atoms with E-state index in [0.29, 0.717) is 25.4 Å². The molecule has 1 aliphatic heterocycles. The smallest absolute Gasteiger partial charge is 0.411 e. The molecule has 6 heteroatoms. The molecule has 1 saturated heterocycles. The Labute approximate surface area is 218 Å². The standard InChI is InChI=1S/C31H36N2O4/c1-29(2,36)21-31(25-8-6-5-7-9-25)17-19-33(28(35)37-31)30(3,4)24-12-10-22(11-13-24)23-16-18-32(26-14-15-26)27(34)20-23/h5-13,16,18,20,26,36H,14-15,17,19,21H2,1-4H3. The number of rotatable bonds is 7. The summed E-state index contributed by atoms with van der Waals surface area (Å²) in [6.45, 7) is 8.03. The molecule has 2 fully saturated rings. The summed E-state index contributed by atoms with van der Waals surface area (Å²) in [4.78, 5) is 27.8. The highest BCUT2D eigenvalue weighted by molar-refractivity contribution is 5.71. The van der Waals surface area contributed by atoms with Crippen molar-refractivity contribution in [3.8, 4) is 11.1 Å². The van der Waals surface area contributed by atoms with Gasteiger partial charge < -0.3 is 14.4 Å². The Bertz CT molecular complexity index is 1330. The summed E-state index contributed by atoms with van der Waals surface area (Å²) >= 11 is 0. The van der Waals surface area contributed by atoms with Gasteiger partial charge in [0.1, 0.15) is 5.60 Å². The van der Waals surface area contributed by atoms with Crippen LogP contribution in [0.3, 0.4) is 0 Å². The normalized spacial score (nSPS) is 20.6. The minimum Gasteiger partial charge on any atom is -0.438 e. The van der Waals surface area contributed by atoms with Crippen LogP contribution in [0.2, 0.25) is 0 Å². The van der Waals surface area contributed by atoms with Gasteiger partial charge >= 0.3 is 6.09 Å². The fourth-order valence-electron chi connectivity index (χ4n) is 5.59. The van der Waals surface area contributed by atoms with Crippen molar-refractivity contribution < 1.29 is 14.6 Å². The summed E-state index contributed by atoms with van der Waals surface area (Å²) < 4.78 is 8.00. The van der Waals surface area contributed by atoms with Crippen LogP contribution >= 0.6 is 0 Å². The van der Waals surface area contributed by atoms with Crippen molar-refractivity contribution in [1.29, 1.82) is 0 Å². The summed E-state index contributed by atoms with van der Waals surface area (Å²) in [5.41, 5.74) is 1.29. The highest BCUT2D eigenvalue weighted by atomic mass is 16.6. The van der Waals surface area contributed by atoms with Gasteiger partial charge in [-0.2, -0.15) is 0 Å². The predicted molar refractivity (Wildman–Crippen MR) is 144 cm³/mol. The molecule has 1 unspecified atom stereocenters. The molecule has 1 saturated carbocycles. The van der Waals surface area contributed by atoms with Crippen LogP contribution in [0.25, 0.3) is 11.1 Å². The van der Waals surface area contributed by atoms with E-state index in [2.05, 4.69) is 0 Å². The van der Waals surface area contributed by atoms with Gasteiger partial charge in [0.2, 0.25) is 0 Å². The predicted octanol–water partition coefficient (Wildman–Crippen LogP) is 5.98. The number of pyridine rings is 1. The van der Waals surface area contributed by atoms with Gasteiger partial charge in [-0.05, 0) is 68.9 Å². The van der Waals surface area contributed by atoms with E-state index in [4.69, 9.17) is 4.74 Å². The average Bonchev–Trinajstić information content (AvgIpc) is 3.69. The maximum atomic E-state index is 13.5. The Morgan fingerprint density at radius 2 is 1.62 bits per heavy atom. The highest BCUT2D eigenvalue weighted by Crippen LogP contribution is 2.43. The molecule has 0 bridgehead atoms. The molecule has 1 atom stereocenters. The number of nitrogens with zero attached hydrogens (tertiary/aromatic N) is 2. The van der Waals surface area contributed by atoms with Gasteiger partial charge in [-0.3, -0.25) is 9.69 Å². The third-order valence-electron chi connectivity index (χ3n) is 7.75. The third-order valence-corrected chi connectivity index (χ3v) is 7.75. The van der Waals surface area contributed by atoms with Gasteiger partial charge in [-0.15, -0.1) is 0 Å². The number of carbonyl (C=O) groups excluding carboxylic acids is 1. The van der Waals surface area contributed by atoms with Crippen molar-refractivity contribution in [3.05, 3.63) is 94.4 Å². The molecular formula is C31H36N2O4. The molecule has 1 amide bonds. The van der Waals surface area contributed by atoms with Crippen molar-refractivity contribution in [3.63, 3.8) is 0 Å². The molecule has 0 spiro atoms. The maximum absolute atomic E-state index is 13.5. The Kier molecular flexibility index (Phi) is 6.27. The van der Waals surface area contributed by atoms with Crippen molar-refractivity contribution in [2.45, 2.75) is 76.2 Å². The van der Waals surface area contributed by atoms with Gasteiger partial charge in [-0.25, -0.2) is 4.79 Å². The molecule has 2 aliphatic rings. The summed E-state index contributed by atoms with van der Waals surface area (Å²) in [5.74, 6) is 0. The van der Waals surface area contributed by atoms with E-state index in [9.17, 15) is 14.7 Å². The first-order valence-corrected chi connectivity index (χ1v) is 13.1. The molecule has 6 nitrogen and oxygen atoms in total. The first kappa shape index (κ1) is 25.3. The zero-order chi connectivity index (χ0) is 26.4. The number of benzene rings is 2. The van der Waals surface area contributed by atoms with Gasteiger partial charge in [0.15, 0.2) is 0 Å². The Balaban J connectivity index is 1.37. The number of carbonyl (C=O) groups is 1. The lowest BCUT2D eigenvalue weighted by atomic mass is 9.79. The fourth-order valence-corrected chi connectivity index (χ4v) is 5.59. The van der Waals surface area contributed by atoms with E-state index in [-0.39, 0.29) is 5.56 Å². The number of ether oxygens (including phenoxy) is 1. The van der Waals surface area contributed by atoms with Crippen molar-refractivity contribution in [2.24, 2.45) is 0 Å². The SMILES string of the molecule is CC(C)(O)CC1(c2ccccc2)CCN(C(C)(C)c2ccc(-c3ccn(C4CC4)c(=O)c3)cc2)C(=O)O1. The molecule has 37 heavy (non-hydrogen) atoms. The largest absolute Gasteiger partial charge is 0.438 e. The van der Waals surface area contributed by atoms with Gasteiger partial charge in [0.05, 0.1) is 11.1 Å². The van der Waals surface area contributed by atoms with Crippen LogP contribution in [-0.4, -0.2) is 32.8 Å². The third kappa shape index (κ3) is 5.08. The van der Waals surface area contributed by atoms with E-state index in [0.717, 1.165) is 35.1 Å². The second-order valence-electron chi connectivity index (χ2n) is 11.6. The van der Waals surface area contributed by atoms with E-state index < -0.39 is 22.8 Å². The van der Waals surface area contributed by atoms with Gasteiger partial charge in [0, 0.05) is 37.7 Å². The zero-order valence-corrected chi connectivity index (χ0v) is 22.1. The highest BCUT2D eigenvalue weighted by Gasteiger charge is 2.48.